The molecule has 0 spiro atoms. The minimum atomic E-state index is -0.231. The van der Waals surface area contributed by atoms with Crippen molar-refractivity contribution >= 4 is 29.1 Å². The maximum Gasteiger partial charge on any atom is 0.250 e. The molecule has 1 aliphatic carbocycles. The maximum absolute atomic E-state index is 11.0. The Labute approximate surface area is 228 Å². The summed E-state index contributed by atoms with van der Waals surface area (Å²) in [6, 6.07) is 10.5. The molecule has 2 unspecified atom stereocenters. The molecule has 2 N–H and O–H groups in total. The predicted molar refractivity (Wildman–Crippen MR) is 152 cm³/mol. The highest BCUT2D eigenvalue weighted by Gasteiger charge is 2.29. The minimum Gasteiger partial charge on any atom is -0.416 e. The predicted octanol–water partition coefficient (Wildman–Crippen LogP) is 5.61. The van der Waals surface area contributed by atoms with Crippen LogP contribution >= 0.6 is 11.9 Å². The van der Waals surface area contributed by atoms with Gasteiger partial charge in [0.1, 0.15) is 5.82 Å². The first-order valence-electron chi connectivity index (χ1n) is 14.2. The number of pyridine rings is 1. The molecule has 2 saturated heterocycles. The Bertz CT molecular complexity index is 1270. The summed E-state index contributed by atoms with van der Waals surface area (Å²) in [7, 11) is 0. The normalized spacial score (nSPS) is 25.4. The van der Waals surface area contributed by atoms with Crippen molar-refractivity contribution in [3.05, 3.63) is 36.5 Å². The Kier molecular flexibility index (Phi) is 6.65. The van der Waals surface area contributed by atoms with E-state index in [4.69, 9.17) is 4.42 Å². The summed E-state index contributed by atoms with van der Waals surface area (Å²) < 4.78 is 9.87. The summed E-state index contributed by atoms with van der Waals surface area (Å²) in [5.74, 6) is 3.06. The molecule has 3 aromatic rings. The van der Waals surface area contributed by atoms with Gasteiger partial charge in [-0.05, 0) is 105 Å². The molecule has 5 aliphatic rings. The highest BCUT2D eigenvalue weighted by atomic mass is 32.2. The summed E-state index contributed by atoms with van der Waals surface area (Å²) in [6.45, 7) is 3.86. The largest absolute Gasteiger partial charge is 0.416 e. The molecule has 8 nitrogen and oxygen atoms in total. The van der Waals surface area contributed by atoms with Crippen molar-refractivity contribution in [3.63, 3.8) is 0 Å². The van der Waals surface area contributed by atoms with Crippen LogP contribution in [0.3, 0.4) is 0 Å². The molecular weight excluding hydrogens is 496 g/mol. The van der Waals surface area contributed by atoms with E-state index in [1.54, 1.807) is 0 Å². The van der Waals surface area contributed by atoms with Gasteiger partial charge in [0.2, 0.25) is 11.8 Å². The molecule has 6 heterocycles. The molecule has 38 heavy (non-hydrogen) atoms. The third-order valence-corrected chi connectivity index (χ3v) is 9.68. The molecule has 2 atom stereocenters. The lowest BCUT2D eigenvalue weighted by Crippen LogP contribution is -2.38. The second-order valence-electron chi connectivity index (χ2n) is 11.5. The average Bonchev–Trinajstić information content (AvgIpc) is 3.65. The third-order valence-electron chi connectivity index (χ3n) is 8.52. The van der Waals surface area contributed by atoms with Gasteiger partial charge in [-0.3, -0.25) is 0 Å². The smallest absolute Gasteiger partial charge is 0.250 e. The Hall–Kier alpha value is -2.78. The lowest BCUT2D eigenvalue weighted by molar-refractivity contribution is 0.104. The standard InChI is InChI=1S/C29H36N6O2S/c36-23-14-19-8-12-34(13-9-19)26-17-22(33-38-24-4-5-24)3-6-25(26)29-32-31-28(37-29)21-7-10-30-27(16-21)35-11-1-2-20(15-23)18-35/h3,6-7,10,16-17,19-20,23-24,33,36H,1-2,4-5,8-9,11-15,18H2. The van der Waals surface area contributed by atoms with Gasteiger partial charge < -0.3 is 24.0 Å². The van der Waals surface area contributed by atoms with Gasteiger partial charge in [0.25, 0.3) is 0 Å². The summed E-state index contributed by atoms with van der Waals surface area (Å²) in [4.78, 5) is 9.49. The number of piperidine rings is 2. The molecule has 0 amide bonds. The second-order valence-corrected chi connectivity index (χ2v) is 12.6. The zero-order chi connectivity index (χ0) is 25.5. The number of benzene rings is 1. The van der Waals surface area contributed by atoms with Crippen LogP contribution in [0.25, 0.3) is 22.9 Å². The van der Waals surface area contributed by atoms with Crippen LogP contribution in [-0.2, 0) is 0 Å². The van der Waals surface area contributed by atoms with Gasteiger partial charge in [-0.15, -0.1) is 10.2 Å². The van der Waals surface area contributed by atoms with E-state index in [1.807, 2.05) is 24.2 Å². The Morgan fingerprint density at radius 1 is 0.895 bits per heavy atom. The zero-order valence-electron chi connectivity index (χ0n) is 21.8. The molecule has 1 saturated carbocycles. The summed E-state index contributed by atoms with van der Waals surface area (Å²) in [6.07, 6.45) is 10.4. The van der Waals surface area contributed by atoms with Gasteiger partial charge in [-0.25, -0.2) is 4.98 Å². The average molecular weight is 533 g/mol. The Balaban J connectivity index is 1.25. The van der Waals surface area contributed by atoms with Crippen LogP contribution in [-0.4, -0.2) is 57.8 Å². The molecule has 4 aliphatic heterocycles. The highest BCUT2D eigenvalue weighted by Crippen LogP contribution is 2.40. The molecular formula is C29H36N6O2S. The molecule has 1 aromatic carbocycles. The number of rotatable bonds is 3. The number of hydrogen-bond acceptors (Lipinski definition) is 9. The molecule has 8 bridgehead atoms. The zero-order valence-corrected chi connectivity index (χ0v) is 22.6. The number of nitrogens with one attached hydrogen (secondary N) is 1. The molecule has 9 heteroatoms. The molecule has 0 radical (unpaired) electrons. The van der Waals surface area contributed by atoms with Gasteiger partial charge in [-0.2, -0.15) is 0 Å². The van der Waals surface area contributed by atoms with E-state index in [9.17, 15) is 5.11 Å². The fourth-order valence-corrected chi connectivity index (χ4v) is 7.09. The SMILES string of the molecule is OC1CC2CCN(CC2)c2cc(NSC3CC3)ccc2-c2nnc(o2)-c2ccnc(c2)N2CCCC(C1)C2. The van der Waals surface area contributed by atoms with Crippen molar-refractivity contribution in [3.8, 4) is 22.9 Å². The Morgan fingerprint density at radius 3 is 2.61 bits per heavy atom. The number of aromatic nitrogens is 3. The lowest BCUT2D eigenvalue weighted by Gasteiger charge is -2.37. The van der Waals surface area contributed by atoms with E-state index < -0.39 is 0 Å². The van der Waals surface area contributed by atoms with Gasteiger partial charge in [-0.1, -0.05) is 0 Å². The van der Waals surface area contributed by atoms with Crippen molar-refractivity contribution in [2.45, 2.75) is 62.7 Å². The van der Waals surface area contributed by atoms with Crippen molar-refractivity contribution in [2.24, 2.45) is 11.8 Å². The van der Waals surface area contributed by atoms with Crippen LogP contribution < -0.4 is 14.5 Å². The first kappa shape index (κ1) is 24.3. The summed E-state index contributed by atoms with van der Waals surface area (Å²) in [5.41, 5.74) is 4.11. The lowest BCUT2D eigenvalue weighted by atomic mass is 9.85. The van der Waals surface area contributed by atoms with Crippen molar-refractivity contribution in [2.75, 3.05) is 40.7 Å². The van der Waals surface area contributed by atoms with Crippen LogP contribution in [0.1, 0.15) is 51.4 Å². The highest BCUT2D eigenvalue weighted by molar-refractivity contribution is 8.01. The first-order chi connectivity index (χ1) is 18.7. The van der Waals surface area contributed by atoms with E-state index in [1.165, 1.54) is 19.3 Å². The molecule has 3 fully saturated rings. The van der Waals surface area contributed by atoms with E-state index in [2.05, 4.69) is 54.0 Å². The number of anilines is 3. The summed E-state index contributed by atoms with van der Waals surface area (Å²) in [5, 5.41) is 20.7. The van der Waals surface area contributed by atoms with Gasteiger partial charge in [0.15, 0.2) is 0 Å². The van der Waals surface area contributed by atoms with Crippen LogP contribution in [0.4, 0.5) is 17.2 Å². The van der Waals surface area contributed by atoms with E-state index in [0.717, 1.165) is 91.9 Å². The third kappa shape index (κ3) is 5.23. The second kappa shape index (κ2) is 10.4. The number of hydrogen-bond donors (Lipinski definition) is 2. The van der Waals surface area contributed by atoms with Crippen LogP contribution in [0, 0.1) is 11.8 Å². The fraction of sp³-hybridized carbons (Fsp3) is 0.552. The van der Waals surface area contributed by atoms with Gasteiger partial charge in [0, 0.05) is 48.9 Å². The fourth-order valence-electron chi connectivity index (χ4n) is 6.29. The Morgan fingerprint density at radius 2 is 1.74 bits per heavy atom. The first-order valence-corrected chi connectivity index (χ1v) is 15.1. The molecule has 200 valence electrons. The maximum atomic E-state index is 11.0. The van der Waals surface area contributed by atoms with Gasteiger partial charge in [0.05, 0.1) is 17.4 Å². The van der Waals surface area contributed by atoms with E-state index in [0.29, 0.717) is 23.6 Å². The number of aliphatic hydroxyl groups excluding tert-OH is 1. The molecule has 2 aromatic heterocycles. The van der Waals surface area contributed by atoms with E-state index in [-0.39, 0.29) is 6.10 Å². The van der Waals surface area contributed by atoms with E-state index >= 15 is 0 Å². The van der Waals surface area contributed by atoms with Crippen LogP contribution in [0.2, 0.25) is 0 Å². The number of nitrogens with zero attached hydrogens (tertiary/aromatic N) is 5. The van der Waals surface area contributed by atoms with Crippen molar-refractivity contribution in [1.29, 1.82) is 0 Å². The number of fused-ring (bicyclic) bond motifs is 4. The van der Waals surface area contributed by atoms with Crippen LogP contribution in [0.15, 0.2) is 40.9 Å². The van der Waals surface area contributed by atoms with Gasteiger partial charge >= 0.3 is 0 Å². The van der Waals surface area contributed by atoms with Crippen LogP contribution in [0.5, 0.6) is 0 Å². The number of aliphatic hydroxyl groups is 1. The molecule has 8 rings (SSSR count). The quantitative estimate of drug-likeness (QED) is 0.418. The topological polar surface area (TPSA) is 90.5 Å². The monoisotopic (exact) mass is 532 g/mol. The van der Waals surface area contributed by atoms with Crippen molar-refractivity contribution < 1.29 is 9.52 Å². The minimum absolute atomic E-state index is 0.231. The van der Waals surface area contributed by atoms with Crippen molar-refractivity contribution in [1.82, 2.24) is 15.2 Å². The summed E-state index contributed by atoms with van der Waals surface area (Å²) >= 11 is 1.82.